The minimum atomic E-state index is -4.32. The fourth-order valence-corrected chi connectivity index (χ4v) is 3.08. The molecule has 2 rings (SSSR count). The Morgan fingerprint density at radius 1 is 1.24 bits per heavy atom. The van der Waals surface area contributed by atoms with Gasteiger partial charge in [0, 0.05) is 30.2 Å². The van der Waals surface area contributed by atoms with E-state index in [1.807, 2.05) is 0 Å². The van der Waals surface area contributed by atoms with Gasteiger partial charge < -0.3 is 15.4 Å². The number of likely N-dealkylation sites (tertiary alicyclic amines) is 1. The van der Waals surface area contributed by atoms with Crippen LogP contribution in [0.2, 0.25) is 0 Å². The van der Waals surface area contributed by atoms with E-state index in [1.54, 1.807) is 4.90 Å². The van der Waals surface area contributed by atoms with Crippen molar-refractivity contribution in [1.29, 1.82) is 0 Å². The molecule has 0 aromatic heterocycles. The largest absolute Gasteiger partial charge is 0.446 e. The van der Waals surface area contributed by atoms with Crippen molar-refractivity contribution in [3.63, 3.8) is 0 Å². The van der Waals surface area contributed by atoms with Gasteiger partial charge in [0.25, 0.3) is 5.91 Å². The molecule has 9 heteroatoms. The van der Waals surface area contributed by atoms with E-state index in [0.29, 0.717) is 31.8 Å². The molecule has 25 heavy (non-hydrogen) atoms. The molecule has 4 nitrogen and oxygen atoms in total. The molecule has 1 fully saturated rings. The zero-order chi connectivity index (χ0) is 17.6. The molecule has 1 amide bonds. The summed E-state index contributed by atoms with van der Waals surface area (Å²) in [5, 5.41) is 0. The fourth-order valence-electron chi connectivity index (χ4n) is 2.54. The van der Waals surface area contributed by atoms with Crippen LogP contribution >= 0.6 is 24.2 Å². The smallest absolute Gasteiger partial charge is 0.378 e. The van der Waals surface area contributed by atoms with E-state index >= 15 is 0 Å². The molecule has 0 atom stereocenters. The van der Waals surface area contributed by atoms with Gasteiger partial charge in [-0.15, -0.1) is 12.4 Å². The monoisotopic (exact) mass is 398 g/mol. The molecule has 1 aromatic rings. The lowest BCUT2D eigenvalue weighted by atomic mass is 10.1. The standard InChI is InChI=1S/C16H21F3N2O2S.ClH/c17-16(18,19)24-14-4-2-12(3-5-14)15(22)21-9-6-13(7-10-21)23-11-1-8-20;/h2-5,13H,1,6-11,20H2;1H. The van der Waals surface area contributed by atoms with Crippen LogP contribution in [-0.2, 0) is 4.74 Å². The minimum absolute atomic E-state index is 0. The van der Waals surface area contributed by atoms with E-state index in [4.69, 9.17) is 10.5 Å². The topological polar surface area (TPSA) is 55.6 Å². The number of piperidine rings is 1. The van der Waals surface area contributed by atoms with E-state index in [-0.39, 0.29) is 41.1 Å². The quantitative estimate of drug-likeness (QED) is 0.586. The Balaban J connectivity index is 0.00000312. The number of amides is 1. The SMILES string of the molecule is Cl.NCCCOC1CCN(C(=O)c2ccc(SC(F)(F)F)cc2)CC1. The number of hydrogen-bond donors (Lipinski definition) is 1. The van der Waals surface area contributed by atoms with Crippen molar-refractivity contribution >= 4 is 30.1 Å². The molecule has 0 bridgehead atoms. The van der Waals surface area contributed by atoms with Gasteiger partial charge >= 0.3 is 5.51 Å². The number of thioether (sulfide) groups is 1. The summed E-state index contributed by atoms with van der Waals surface area (Å²) in [6.07, 6.45) is 2.49. The fraction of sp³-hybridized carbons (Fsp3) is 0.562. The van der Waals surface area contributed by atoms with Gasteiger partial charge in [0.1, 0.15) is 0 Å². The number of nitrogens with two attached hydrogens (primary N) is 1. The van der Waals surface area contributed by atoms with Gasteiger partial charge in [0.15, 0.2) is 0 Å². The molecule has 2 N–H and O–H groups in total. The summed E-state index contributed by atoms with van der Waals surface area (Å²) in [6, 6.07) is 5.54. The van der Waals surface area contributed by atoms with Crippen molar-refractivity contribution in [2.75, 3.05) is 26.2 Å². The van der Waals surface area contributed by atoms with E-state index < -0.39 is 5.51 Å². The van der Waals surface area contributed by atoms with Crippen LogP contribution in [-0.4, -0.2) is 48.7 Å². The molecule has 0 radical (unpaired) electrons. The average Bonchev–Trinajstić information content (AvgIpc) is 2.54. The van der Waals surface area contributed by atoms with Gasteiger partial charge in [0.05, 0.1) is 6.10 Å². The summed E-state index contributed by atoms with van der Waals surface area (Å²) >= 11 is -0.184. The van der Waals surface area contributed by atoms with Gasteiger partial charge in [-0.25, -0.2) is 0 Å². The minimum Gasteiger partial charge on any atom is -0.378 e. The van der Waals surface area contributed by atoms with Crippen molar-refractivity contribution in [2.45, 2.75) is 35.8 Å². The maximum Gasteiger partial charge on any atom is 0.446 e. The maximum atomic E-state index is 12.4. The first kappa shape index (κ1) is 22.1. The second-order valence-corrected chi connectivity index (χ2v) is 6.72. The van der Waals surface area contributed by atoms with Crippen LogP contribution in [0.25, 0.3) is 0 Å². The number of rotatable bonds is 6. The molecule has 0 spiro atoms. The third-order valence-electron chi connectivity index (χ3n) is 3.77. The highest BCUT2D eigenvalue weighted by Gasteiger charge is 2.29. The lowest BCUT2D eigenvalue weighted by molar-refractivity contribution is -0.0328. The van der Waals surface area contributed by atoms with Crippen LogP contribution in [0, 0.1) is 0 Å². The van der Waals surface area contributed by atoms with Crippen molar-refractivity contribution in [3.8, 4) is 0 Å². The van der Waals surface area contributed by atoms with Crippen molar-refractivity contribution in [2.24, 2.45) is 5.73 Å². The van der Waals surface area contributed by atoms with Crippen LogP contribution in [0.1, 0.15) is 29.6 Å². The van der Waals surface area contributed by atoms with E-state index in [1.165, 1.54) is 24.3 Å². The average molecular weight is 399 g/mol. The molecule has 1 heterocycles. The van der Waals surface area contributed by atoms with Crippen LogP contribution in [0.4, 0.5) is 13.2 Å². The third kappa shape index (κ3) is 7.43. The Labute approximate surface area is 155 Å². The summed E-state index contributed by atoms with van der Waals surface area (Å²) in [6.45, 7) is 2.41. The van der Waals surface area contributed by atoms with E-state index in [0.717, 1.165) is 19.3 Å². The molecular formula is C16H22ClF3N2O2S. The zero-order valence-electron chi connectivity index (χ0n) is 13.6. The molecule has 1 aliphatic rings. The van der Waals surface area contributed by atoms with Crippen LogP contribution < -0.4 is 5.73 Å². The highest BCUT2D eigenvalue weighted by Crippen LogP contribution is 2.36. The first-order valence-electron chi connectivity index (χ1n) is 7.86. The lowest BCUT2D eigenvalue weighted by Gasteiger charge is -2.32. The number of halogens is 4. The van der Waals surface area contributed by atoms with Crippen LogP contribution in [0.5, 0.6) is 0 Å². The van der Waals surface area contributed by atoms with E-state index in [9.17, 15) is 18.0 Å². The summed E-state index contributed by atoms with van der Waals surface area (Å²) in [4.78, 5) is 14.2. The predicted molar refractivity (Wildman–Crippen MR) is 94.2 cm³/mol. The molecule has 1 saturated heterocycles. The predicted octanol–water partition coefficient (Wildman–Crippen LogP) is 3.69. The first-order valence-corrected chi connectivity index (χ1v) is 8.67. The summed E-state index contributed by atoms with van der Waals surface area (Å²) in [7, 11) is 0. The van der Waals surface area contributed by atoms with Crippen molar-refractivity contribution < 1.29 is 22.7 Å². The Hall–Kier alpha value is -0.960. The van der Waals surface area contributed by atoms with Gasteiger partial charge in [-0.2, -0.15) is 13.2 Å². The van der Waals surface area contributed by atoms with Gasteiger partial charge in [0.2, 0.25) is 0 Å². The maximum absolute atomic E-state index is 12.4. The second kappa shape index (κ2) is 10.3. The molecule has 1 aromatic carbocycles. The van der Waals surface area contributed by atoms with Gasteiger partial charge in [-0.3, -0.25) is 4.79 Å². The van der Waals surface area contributed by atoms with Gasteiger partial charge in [-0.1, -0.05) is 0 Å². The lowest BCUT2D eigenvalue weighted by Crippen LogP contribution is -2.41. The first-order chi connectivity index (χ1) is 11.4. The number of alkyl halides is 3. The van der Waals surface area contributed by atoms with Crippen molar-refractivity contribution in [3.05, 3.63) is 29.8 Å². The number of carbonyl (C=O) groups is 1. The Morgan fingerprint density at radius 2 is 1.84 bits per heavy atom. The number of carbonyl (C=O) groups excluding carboxylic acids is 1. The summed E-state index contributed by atoms with van der Waals surface area (Å²) in [5.41, 5.74) is 1.50. The Kier molecular flexibility index (Phi) is 9.06. The van der Waals surface area contributed by atoms with Crippen LogP contribution in [0.15, 0.2) is 29.2 Å². The van der Waals surface area contributed by atoms with E-state index in [2.05, 4.69) is 0 Å². The third-order valence-corrected chi connectivity index (χ3v) is 4.51. The summed E-state index contributed by atoms with van der Waals surface area (Å²) < 4.78 is 42.6. The molecule has 0 saturated carbocycles. The molecule has 1 aliphatic heterocycles. The van der Waals surface area contributed by atoms with Crippen LogP contribution in [0.3, 0.4) is 0 Å². The number of ether oxygens (including phenoxy) is 1. The highest BCUT2D eigenvalue weighted by atomic mass is 35.5. The van der Waals surface area contributed by atoms with Gasteiger partial charge in [-0.05, 0) is 61.8 Å². The Morgan fingerprint density at radius 3 is 2.36 bits per heavy atom. The zero-order valence-corrected chi connectivity index (χ0v) is 15.3. The molecule has 0 unspecified atom stereocenters. The molecular weight excluding hydrogens is 377 g/mol. The summed E-state index contributed by atoms with van der Waals surface area (Å²) in [5.74, 6) is -0.154. The molecule has 142 valence electrons. The number of nitrogens with zero attached hydrogens (tertiary/aromatic N) is 1. The van der Waals surface area contributed by atoms with Crippen molar-refractivity contribution in [1.82, 2.24) is 4.90 Å². The second-order valence-electron chi connectivity index (χ2n) is 5.58. The normalized spacial score (nSPS) is 15.8. The number of benzene rings is 1. The molecule has 0 aliphatic carbocycles. The highest BCUT2D eigenvalue weighted by molar-refractivity contribution is 8.00. The number of hydrogen-bond acceptors (Lipinski definition) is 4. The Bertz CT molecular complexity index is 535.